The number of amides is 1. The first-order valence-corrected chi connectivity index (χ1v) is 11.1. The summed E-state index contributed by atoms with van der Waals surface area (Å²) in [7, 11) is 0. The van der Waals surface area contributed by atoms with E-state index in [2.05, 4.69) is 4.98 Å². The number of rotatable bonds is 5. The van der Waals surface area contributed by atoms with Crippen molar-refractivity contribution in [1.29, 1.82) is 0 Å². The van der Waals surface area contributed by atoms with Gasteiger partial charge in [-0.15, -0.1) is 0 Å². The molecule has 6 nitrogen and oxygen atoms in total. The van der Waals surface area contributed by atoms with Crippen LogP contribution in [0.15, 0.2) is 58.4 Å². The van der Waals surface area contributed by atoms with Gasteiger partial charge in [0.15, 0.2) is 0 Å². The molecule has 31 heavy (non-hydrogen) atoms. The van der Waals surface area contributed by atoms with Crippen molar-refractivity contribution in [3.8, 4) is 11.6 Å². The summed E-state index contributed by atoms with van der Waals surface area (Å²) in [6, 6.07) is 12.8. The standard InChI is InChI=1S/C23H21N3O3S2/c1-4-15(3)26-22(28)18(31-23(26)30)13-17-20(29-16-9-7-8-14(2)12-16)24-19-10-5-6-11-25(19)21(17)27/h5-13,15H,4H2,1-3H3/b18-13-. The zero-order valence-corrected chi connectivity index (χ0v) is 19.0. The molecule has 8 heteroatoms. The summed E-state index contributed by atoms with van der Waals surface area (Å²) in [6.45, 7) is 5.91. The van der Waals surface area contributed by atoms with E-state index in [-0.39, 0.29) is 29.0 Å². The SMILES string of the molecule is CCC(C)N1C(=O)/C(=C/c2c(Oc3cccc(C)c3)nc3ccccn3c2=O)SC1=S. The average molecular weight is 452 g/mol. The van der Waals surface area contributed by atoms with Crippen LogP contribution in [0.25, 0.3) is 11.7 Å². The maximum Gasteiger partial charge on any atom is 0.269 e. The number of benzene rings is 1. The van der Waals surface area contributed by atoms with E-state index >= 15 is 0 Å². The van der Waals surface area contributed by atoms with Gasteiger partial charge in [-0.1, -0.05) is 49.1 Å². The molecule has 0 N–H and O–H groups in total. The fraction of sp³-hybridized carbons (Fsp3) is 0.217. The lowest BCUT2D eigenvalue weighted by atomic mass is 10.2. The third kappa shape index (κ3) is 4.13. The third-order valence-corrected chi connectivity index (χ3v) is 6.40. The van der Waals surface area contributed by atoms with Crippen LogP contribution in [0.1, 0.15) is 31.4 Å². The number of pyridine rings is 1. The predicted octanol–water partition coefficient (Wildman–Crippen LogP) is 4.79. The molecule has 4 rings (SSSR count). The molecule has 3 aromatic rings. The van der Waals surface area contributed by atoms with Gasteiger partial charge >= 0.3 is 0 Å². The highest BCUT2D eigenvalue weighted by Gasteiger charge is 2.35. The predicted molar refractivity (Wildman–Crippen MR) is 127 cm³/mol. The Labute approximate surface area is 189 Å². The van der Waals surface area contributed by atoms with E-state index in [1.807, 2.05) is 39.0 Å². The van der Waals surface area contributed by atoms with Crippen molar-refractivity contribution in [2.75, 3.05) is 0 Å². The van der Waals surface area contributed by atoms with Crippen LogP contribution < -0.4 is 10.3 Å². The van der Waals surface area contributed by atoms with Gasteiger partial charge in [-0.05, 0) is 56.2 Å². The minimum Gasteiger partial charge on any atom is -0.438 e. The minimum absolute atomic E-state index is 0.0164. The van der Waals surface area contributed by atoms with Crippen LogP contribution in [0.5, 0.6) is 11.6 Å². The second kappa shape index (κ2) is 8.64. The van der Waals surface area contributed by atoms with Gasteiger partial charge in [-0.2, -0.15) is 4.98 Å². The van der Waals surface area contributed by atoms with Gasteiger partial charge in [0.05, 0.1) is 4.91 Å². The van der Waals surface area contributed by atoms with Gasteiger partial charge in [0.25, 0.3) is 11.5 Å². The largest absolute Gasteiger partial charge is 0.438 e. The van der Waals surface area contributed by atoms with Crippen LogP contribution in [-0.2, 0) is 4.79 Å². The van der Waals surface area contributed by atoms with Gasteiger partial charge in [0, 0.05) is 12.2 Å². The van der Waals surface area contributed by atoms with Gasteiger partial charge in [0.2, 0.25) is 5.88 Å². The Balaban J connectivity index is 1.85. The third-order valence-electron chi connectivity index (χ3n) is 5.07. The number of hydrogen-bond acceptors (Lipinski definition) is 6. The number of thioether (sulfide) groups is 1. The van der Waals surface area contributed by atoms with Gasteiger partial charge in [0.1, 0.15) is 21.3 Å². The second-order valence-electron chi connectivity index (χ2n) is 7.29. The van der Waals surface area contributed by atoms with E-state index in [0.717, 1.165) is 12.0 Å². The topological polar surface area (TPSA) is 63.9 Å². The summed E-state index contributed by atoms with van der Waals surface area (Å²) in [5, 5.41) is 0. The molecule has 1 aliphatic heterocycles. The van der Waals surface area contributed by atoms with Crippen LogP contribution in [0.2, 0.25) is 0 Å². The number of aromatic nitrogens is 2. The quantitative estimate of drug-likeness (QED) is 0.410. The Bertz CT molecular complexity index is 1280. The molecule has 3 heterocycles. The lowest BCUT2D eigenvalue weighted by Gasteiger charge is -2.21. The van der Waals surface area contributed by atoms with E-state index in [1.54, 1.807) is 41.4 Å². The summed E-state index contributed by atoms with van der Waals surface area (Å²) in [6.07, 6.45) is 3.96. The number of aryl methyl sites for hydroxylation is 1. The fourth-order valence-corrected chi connectivity index (χ4v) is 4.69. The van der Waals surface area contributed by atoms with Crippen LogP contribution in [0.3, 0.4) is 0 Å². The molecule has 2 aromatic heterocycles. The molecule has 1 fully saturated rings. The first kappa shape index (κ1) is 21.3. The zero-order chi connectivity index (χ0) is 22.1. The maximum atomic E-state index is 13.3. The normalized spacial score (nSPS) is 16.4. The minimum atomic E-state index is -0.318. The molecule has 0 radical (unpaired) electrons. The average Bonchev–Trinajstić information content (AvgIpc) is 3.03. The summed E-state index contributed by atoms with van der Waals surface area (Å²) in [5.74, 6) is 0.507. The second-order valence-corrected chi connectivity index (χ2v) is 8.97. The Hall–Kier alpha value is -2.97. The van der Waals surface area contributed by atoms with Crippen molar-refractivity contribution in [2.24, 2.45) is 0 Å². The summed E-state index contributed by atoms with van der Waals surface area (Å²) in [4.78, 5) is 32.8. The molecule has 0 aliphatic carbocycles. The number of carbonyl (C=O) groups excluding carboxylic acids is 1. The molecular formula is C23H21N3O3S2. The molecule has 0 saturated carbocycles. The fourth-order valence-electron chi connectivity index (χ4n) is 3.25. The van der Waals surface area contributed by atoms with Crippen molar-refractivity contribution in [2.45, 2.75) is 33.2 Å². The van der Waals surface area contributed by atoms with E-state index in [9.17, 15) is 9.59 Å². The van der Waals surface area contributed by atoms with Gasteiger partial charge in [-0.3, -0.25) is 18.9 Å². The highest BCUT2D eigenvalue weighted by molar-refractivity contribution is 8.26. The number of nitrogens with zero attached hydrogens (tertiary/aromatic N) is 3. The van der Waals surface area contributed by atoms with Crippen LogP contribution in [0, 0.1) is 6.92 Å². The summed E-state index contributed by atoms with van der Waals surface area (Å²) in [5.41, 5.74) is 1.36. The number of carbonyl (C=O) groups is 1. The molecule has 0 spiro atoms. The van der Waals surface area contributed by atoms with Crippen LogP contribution >= 0.6 is 24.0 Å². The maximum absolute atomic E-state index is 13.3. The van der Waals surface area contributed by atoms with Crippen molar-refractivity contribution >= 4 is 45.9 Å². The smallest absolute Gasteiger partial charge is 0.269 e. The Kier molecular flexibility index (Phi) is 5.93. The molecule has 1 atom stereocenters. The Morgan fingerprint density at radius 2 is 2.03 bits per heavy atom. The van der Waals surface area contributed by atoms with E-state index < -0.39 is 0 Å². The van der Waals surface area contributed by atoms with Crippen molar-refractivity contribution in [3.05, 3.63) is 75.0 Å². The van der Waals surface area contributed by atoms with Gasteiger partial charge < -0.3 is 4.74 Å². The zero-order valence-electron chi connectivity index (χ0n) is 17.4. The van der Waals surface area contributed by atoms with E-state index in [0.29, 0.717) is 20.6 Å². The molecule has 1 unspecified atom stereocenters. The highest BCUT2D eigenvalue weighted by atomic mass is 32.2. The Morgan fingerprint density at radius 3 is 2.77 bits per heavy atom. The van der Waals surface area contributed by atoms with Gasteiger partial charge in [-0.25, -0.2) is 0 Å². The number of hydrogen-bond donors (Lipinski definition) is 0. The molecule has 0 bridgehead atoms. The monoisotopic (exact) mass is 451 g/mol. The molecule has 1 amide bonds. The Morgan fingerprint density at radius 1 is 1.23 bits per heavy atom. The highest BCUT2D eigenvalue weighted by Crippen LogP contribution is 2.35. The number of ether oxygens (including phenoxy) is 1. The first-order chi connectivity index (χ1) is 14.9. The van der Waals surface area contributed by atoms with E-state index in [1.165, 1.54) is 16.2 Å². The van der Waals surface area contributed by atoms with Crippen molar-refractivity contribution in [3.63, 3.8) is 0 Å². The lowest BCUT2D eigenvalue weighted by Crippen LogP contribution is -2.36. The molecule has 1 aromatic carbocycles. The van der Waals surface area contributed by atoms with Crippen LogP contribution in [0.4, 0.5) is 0 Å². The van der Waals surface area contributed by atoms with E-state index in [4.69, 9.17) is 17.0 Å². The summed E-state index contributed by atoms with van der Waals surface area (Å²) >= 11 is 6.60. The number of thiocarbonyl (C=S) groups is 1. The molecular weight excluding hydrogens is 430 g/mol. The number of fused-ring (bicyclic) bond motifs is 1. The molecule has 1 aliphatic rings. The first-order valence-electron chi connectivity index (χ1n) is 9.92. The lowest BCUT2D eigenvalue weighted by molar-refractivity contribution is -0.123. The van der Waals surface area contributed by atoms with Crippen molar-refractivity contribution < 1.29 is 9.53 Å². The summed E-state index contributed by atoms with van der Waals surface area (Å²) < 4.78 is 7.93. The molecule has 1 saturated heterocycles. The van der Waals surface area contributed by atoms with Crippen LogP contribution in [-0.4, -0.2) is 30.6 Å². The van der Waals surface area contributed by atoms with Crippen molar-refractivity contribution in [1.82, 2.24) is 14.3 Å². The molecule has 158 valence electrons.